The first kappa shape index (κ1) is 14.0. The van der Waals surface area contributed by atoms with Gasteiger partial charge in [-0.25, -0.2) is 0 Å². The van der Waals surface area contributed by atoms with E-state index in [9.17, 15) is 4.79 Å². The second-order valence-corrected chi connectivity index (χ2v) is 4.68. The van der Waals surface area contributed by atoms with Crippen LogP contribution in [0.5, 0.6) is 0 Å². The van der Waals surface area contributed by atoms with Crippen molar-refractivity contribution in [3.63, 3.8) is 0 Å². The molecule has 0 unspecified atom stereocenters. The van der Waals surface area contributed by atoms with Gasteiger partial charge in [-0.15, -0.1) is 0 Å². The van der Waals surface area contributed by atoms with Crippen LogP contribution >= 0.6 is 15.9 Å². The van der Waals surface area contributed by atoms with Crippen molar-refractivity contribution in [1.29, 1.82) is 0 Å². The number of hydrogen-bond acceptors (Lipinski definition) is 2. The van der Waals surface area contributed by atoms with Gasteiger partial charge in [0.05, 0.1) is 6.61 Å². The van der Waals surface area contributed by atoms with E-state index in [1.165, 1.54) is 0 Å². The SMILES string of the molecule is CCOC(=O)CCC/C(Br)=C/c1ccccc1. The molecule has 0 aromatic heterocycles. The lowest BCUT2D eigenvalue weighted by atomic mass is 10.1. The maximum atomic E-state index is 11.1. The van der Waals surface area contributed by atoms with Crippen molar-refractivity contribution < 1.29 is 9.53 Å². The third-order valence-corrected chi connectivity index (χ3v) is 2.85. The summed E-state index contributed by atoms with van der Waals surface area (Å²) in [7, 11) is 0. The van der Waals surface area contributed by atoms with Gasteiger partial charge in [0.25, 0.3) is 0 Å². The molecule has 0 N–H and O–H groups in total. The van der Waals surface area contributed by atoms with Crippen LogP contribution in [0.4, 0.5) is 0 Å². The lowest BCUT2D eigenvalue weighted by molar-refractivity contribution is -0.143. The number of benzene rings is 1. The number of carbonyl (C=O) groups is 1. The molecule has 1 aromatic carbocycles. The molecule has 0 amide bonds. The Kier molecular flexibility index (Phi) is 6.63. The van der Waals surface area contributed by atoms with E-state index >= 15 is 0 Å². The number of allylic oxidation sites excluding steroid dienone is 1. The first-order chi connectivity index (χ1) is 8.22. The Bertz CT molecular complexity index is 371. The summed E-state index contributed by atoms with van der Waals surface area (Å²) in [6, 6.07) is 10.1. The summed E-state index contributed by atoms with van der Waals surface area (Å²) in [6.07, 6.45) is 4.22. The van der Waals surface area contributed by atoms with E-state index in [-0.39, 0.29) is 5.97 Å². The number of hydrogen-bond donors (Lipinski definition) is 0. The highest BCUT2D eigenvalue weighted by molar-refractivity contribution is 9.11. The molecule has 0 bridgehead atoms. The summed E-state index contributed by atoms with van der Waals surface area (Å²) in [5, 5.41) is 0. The molecule has 1 rings (SSSR count). The van der Waals surface area contributed by atoms with Gasteiger partial charge in [-0.1, -0.05) is 46.3 Å². The van der Waals surface area contributed by atoms with Gasteiger partial charge in [-0.3, -0.25) is 4.79 Å². The number of esters is 1. The third kappa shape index (κ3) is 6.27. The molecule has 0 saturated carbocycles. The lowest BCUT2D eigenvalue weighted by Gasteiger charge is -2.01. The van der Waals surface area contributed by atoms with Crippen molar-refractivity contribution in [2.45, 2.75) is 26.2 Å². The molecule has 0 aliphatic rings. The molecular weight excluding hydrogens is 280 g/mol. The largest absolute Gasteiger partial charge is 0.466 e. The molecule has 0 fully saturated rings. The zero-order chi connectivity index (χ0) is 12.5. The topological polar surface area (TPSA) is 26.3 Å². The van der Waals surface area contributed by atoms with Gasteiger partial charge in [0.15, 0.2) is 0 Å². The minimum Gasteiger partial charge on any atom is -0.466 e. The average Bonchev–Trinajstić information content (AvgIpc) is 2.30. The Morgan fingerprint density at radius 2 is 2.00 bits per heavy atom. The second-order valence-electron chi connectivity index (χ2n) is 3.66. The Balaban J connectivity index is 2.32. The first-order valence-electron chi connectivity index (χ1n) is 5.79. The fourth-order valence-corrected chi connectivity index (χ4v) is 1.98. The normalized spacial score (nSPS) is 11.3. The molecular formula is C14H17BrO2. The molecule has 0 aliphatic carbocycles. The predicted molar refractivity (Wildman–Crippen MR) is 73.8 cm³/mol. The van der Waals surface area contributed by atoms with Crippen molar-refractivity contribution in [2.75, 3.05) is 6.61 Å². The molecule has 2 nitrogen and oxygen atoms in total. The minimum atomic E-state index is -0.118. The Hall–Kier alpha value is -1.09. The molecule has 92 valence electrons. The molecule has 0 saturated heterocycles. The summed E-state index contributed by atoms with van der Waals surface area (Å²) < 4.78 is 5.97. The molecule has 1 aromatic rings. The van der Waals surface area contributed by atoms with Gasteiger partial charge in [0.2, 0.25) is 0 Å². The third-order valence-electron chi connectivity index (χ3n) is 2.22. The molecule has 0 aliphatic heterocycles. The van der Waals surface area contributed by atoms with E-state index in [2.05, 4.69) is 22.0 Å². The van der Waals surface area contributed by atoms with E-state index in [4.69, 9.17) is 4.74 Å². The summed E-state index contributed by atoms with van der Waals surface area (Å²) >= 11 is 3.51. The van der Waals surface area contributed by atoms with E-state index in [0.29, 0.717) is 13.0 Å². The maximum Gasteiger partial charge on any atom is 0.305 e. The van der Waals surface area contributed by atoms with Crippen LogP contribution in [-0.2, 0) is 9.53 Å². The monoisotopic (exact) mass is 296 g/mol. The van der Waals surface area contributed by atoms with Gasteiger partial charge in [0, 0.05) is 6.42 Å². The van der Waals surface area contributed by atoms with Gasteiger partial charge >= 0.3 is 5.97 Å². The molecule has 0 atom stereocenters. The van der Waals surface area contributed by atoms with Crippen LogP contribution in [0.1, 0.15) is 31.7 Å². The molecule has 3 heteroatoms. The molecule has 0 spiro atoms. The smallest absolute Gasteiger partial charge is 0.305 e. The van der Waals surface area contributed by atoms with Crippen molar-refractivity contribution in [3.05, 3.63) is 40.4 Å². The Labute approximate surface area is 111 Å². The van der Waals surface area contributed by atoms with E-state index in [1.807, 2.05) is 37.3 Å². The fraction of sp³-hybridized carbons (Fsp3) is 0.357. The average molecular weight is 297 g/mol. The van der Waals surface area contributed by atoms with E-state index in [0.717, 1.165) is 22.9 Å². The van der Waals surface area contributed by atoms with Crippen LogP contribution in [0, 0.1) is 0 Å². The number of ether oxygens (including phenoxy) is 1. The lowest BCUT2D eigenvalue weighted by Crippen LogP contribution is -2.03. The maximum absolute atomic E-state index is 11.1. The zero-order valence-corrected chi connectivity index (χ0v) is 11.6. The summed E-state index contributed by atoms with van der Waals surface area (Å²) in [5.41, 5.74) is 1.16. The standard InChI is InChI=1S/C14H17BrO2/c1-2-17-14(16)10-6-9-13(15)11-12-7-4-3-5-8-12/h3-5,7-8,11H,2,6,9-10H2,1H3/b13-11-. The van der Waals surface area contributed by atoms with Gasteiger partial charge in [-0.2, -0.15) is 0 Å². The van der Waals surface area contributed by atoms with Gasteiger partial charge < -0.3 is 4.74 Å². The highest BCUT2D eigenvalue weighted by Crippen LogP contribution is 2.18. The van der Waals surface area contributed by atoms with Crippen molar-refractivity contribution in [1.82, 2.24) is 0 Å². The van der Waals surface area contributed by atoms with E-state index < -0.39 is 0 Å². The molecule has 0 heterocycles. The Morgan fingerprint density at radius 1 is 1.29 bits per heavy atom. The number of rotatable bonds is 6. The summed E-state index contributed by atoms with van der Waals surface area (Å²) in [6.45, 7) is 2.28. The molecule has 0 radical (unpaired) electrons. The Morgan fingerprint density at radius 3 is 2.65 bits per heavy atom. The van der Waals surface area contributed by atoms with Crippen molar-refractivity contribution in [3.8, 4) is 0 Å². The second kappa shape index (κ2) is 8.07. The van der Waals surface area contributed by atoms with Crippen LogP contribution in [0.2, 0.25) is 0 Å². The summed E-state index contributed by atoms with van der Waals surface area (Å²) in [4.78, 5) is 11.1. The van der Waals surface area contributed by atoms with E-state index in [1.54, 1.807) is 0 Å². The fourth-order valence-electron chi connectivity index (χ4n) is 1.44. The highest BCUT2D eigenvalue weighted by atomic mass is 79.9. The van der Waals surface area contributed by atoms with Crippen LogP contribution < -0.4 is 0 Å². The zero-order valence-electron chi connectivity index (χ0n) is 9.99. The first-order valence-corrected chi connectivity index (χ1v) is 6.58. The number of halogens is 1. The highest BCUT2D eigenvalue weighted by Gasteiger charge is 2.01. The predicted octanol–water partition coefficient (Wildman–Crippen LogP) is 4.16. The van der Waals surface area contributed by atoms with Crippen LogP contribution in [0.25, 0.3) is 6.08 Å². The number of carbonyl (C=O) groups excluding carboxylic acids is 1. The van der Waals surface area contributed by atoms with Crippen LogP contribution in [0.15, 0.2) is 34.8 Å². The molecule has 17 heavy (non-hydrogen) atoms. The minimum absolute atomic E-state index is 0.118. The van der Waals surface area contributed by atoms with Gasteiger partial charge in [-0.05, 0) is 35.9 Å². The van der Waals surface area contributed by atoms with Gasteiger partial charge in [0.1, 0.15) is 0 Å². The van der Waals surface area contributed by atoms with Crippen molar-refractivity contribution >= 4 is 28.0 Å². The summed E-state index contributed by atoms with van der Waals surface area (Å²) in [5.74, 6) is -0.118. The quantitative estimate of drug-likeness (QED) is 0.737. The van der Waals surface area contributed by atoms with Crippen molar-refractivity contribution in [2.24, 2.45) is 0 Å². The van der Waals surface area contributed by atoms with Crippen LogP contribution in [-0.4, -0.2) is 12.6 Å². The van der Waals surface area contributed by atoms with Crippen LogP contribution in [0.3, 0.4) is 0 Å².